The van der Waals surface area contributed by atoms with Crippen LogP contribution in [0.15, 0.2) is 29.8 Å². The molecule has 0 fully saturated rings. The Balaban J connectivity index is 1.83. The van der Waals surface area contributed by atoms with Gasteiger partial charge in [-0.2, -0.15) is 0 Å². The molecule has 3 nitrogen and oxygen atoms in total. The zero-order valence-electron chi connectivity index (χ0n) is 16.3. The number of fused-ring (bicyclic) bond motifs is 4. The molecule has 3 heterocycles. The number of carbonyl (C=O) groups excluding carboxylic acids is 1. The van der Waals surface area contributed by atoms with Gasteiger partial charge in [0.05, 0.1) is 11.0 Å². The summed E-state index contributed by atoms with van der Waals surface area (Å²) in [7, 11) is 0. The molecule has 0 atom stereocenters. The van der Waals surface area contributed by atoms with E-state index < -0.39 is 11.0 Å². The summed E-state index contributed by atoms with van der Waals surface area (Å²) in [5.41, 5.74) is 6.74. The van der Waals surface area contributed by atoms with Gasteiger partial charge in [0.1, 0.15) is 4.83 Å². The van der Waals surface area contributed by atoms with Crippen molar-refractivity contribution in [2.45, 2.75) is 57.9 Å². The zero-order valence-corrected chi connectivity index (χ0v) is 17.1. The second-order valence-electron chi connectivity index (χ2n) is 8.87. The van der Waals surface area contributed by atoms with Crippen molar-refractivity contribution in [2.75, 3.05) is 5.32 Å². The van der Waals surface area contributed by atoms with Gasteiger partial charge < -0.3 is 5.32 Å². The summed E-state index contributed by atoms with van der Waals surface area (Å²) in [5.74, 6) is 0.253. The first-order chi connectivity index (χ1) is 12.8. The molecule has 138 valence electrons. The first kappa shape index (κ1) is 16.9. The van der Waals surface area contributed by atoms with Crippen LogP contribution in [0.3, 0.4) is 0 Å². The Kier molecular flexibility index (Phi) is 3.40. The highest BCUT2D eigenvalue weighted by atomic mass is 32.1. The predicted octanol–water partition coefficient (Wildman–Crippen LogP) is 5.50. The van der Waals surface area contributed by atoms with E-state index in [1.165, 1.54) is 39.7 Å². The number of nitrogens with one attached hydrogen (secondary N) is 1. The molecule has 2 aromatic heterocycles. The van der Waals surface area contributed by atoms with Crippen molar-refractivity contribution in [1.82, 2.24) is 4.98 Å². The van der Waals surface area contributed by atoms with E-state index in [9.17, 15) is 4.79 Å². The zero-order chi connectivity index (χ0) is 19.0. The van der Waals surface area contributed by atoms with Crippen molar-refractivity contribution in [3.63, 3.8) is 0 Å². The van der Waals surface area contributed by atoms with E-state index in [1.807, 2.05) is 26.1 Å². The lowest BCUT2D eigenvalue weighted by Crippen LogP contribution is -2.53. The third-order valence-electron chi connectivity index (χ3n) is 6.29. The number of nitrogens with zero attached hydrogens (tertiary/aromatic N) is 1. The molecule has 4 heteroatoms. The Morgan fingerprint density at radius 1 is 1.11 bits per heavy atom. The molecule has 0 spiro atoms. The van der Waals surface area contributed by atoms with E-state index in [1.54, 1.807) is 11.3 Å². The summed E-state index contributed by atoms with van der Waals surface area (Å²) in [6.45, 7) is 8.17. The Morgan fingerprint density at radius 2 is 1.89 bits per heavy atom. The first-order valence-corrected chi connectivity index (χ1v) is 10.5. The van der Waals surface area contributed by atoms with Crippen LogP contribution in [0.1, 0.15) is 50.8 Å². The van der Waals surface area contributed by atoms with Crippen LogP contribution >= 0.6 is 11.3 Å². The van der Waals surface area contributed by atoms with Crippen molar-refractivity contribution >= 4 is 33.0 Å². The van der Waals surface area contributed by atoms with E-state index in [-0.39, 0.29) is 5.78 Å². The average Bonchev–Trinajstić information content (AvgIpc) is 3.27. The van der Waals surface area contributed by atoms with Gasteiger partial charge in [0.25, 0.3) is 0 Å². The summed E-state index contributed by atoms with van der Waals surface area (Å²) in [4.78, 5) is 18.8. The third-order valence-corrected chi connectivity index (χ3v) is 7.19. The van der Waals surface area contributed by atoms with Crippen molar-refractivity contribution in [3.05, 3.63) is 46.5 Å². The standard InChI is InChI=1S/C23H24N2OS/c1-22(2)18-11-16(17-12-27-20-15(17)9-6-10-24-20)13-7-5-8-14(13)19(18)25-23(3,4)21(22)26/h6,9-12,25H,5,7-8H2,1-4H3. The second kappa shape index (κ2) is 5.41. The summed E-state index contributed by atoms with van der Waals surface area (Å²) in [5, 5.41) is 7.03. The Hall–Kier alpha value is -2.20. The minimum atomic E-state index is -0.534. The number of aromatic nitrogens is 1. The number of benzene rings is 1. The van der Waals surface area contributed by atoms with E-state index in [2.05, 4.69) is 41.7 Å². The van der Waals surface area contributed by atoms with Crippen LogP contribution in [-0.4, -0.2) is 16.3 Å². The van der Waals surface area contributed by atoms with Crippen molar-refractivity contribution in [3.8, 4) is 11.1 Å². The molecular weight excluding hydrogens is 352 g/mol. The fourth-order valence-electron chi connectivity index (χ4n) is 5.01. The van der Waals surface area contributed by atoms with E-state index in [4.69, 9.17) is 0 Å². The monoisotopic (exact) mass is 376 g/mol. The molecule has 5 rings (SSSR count). The maximum Gasteiger partial charge on any atom is 0.167 e. The number of pyridine rings is 1. The number of rotatable bonds is 1. The number of ketones is 1. The minimum Gasteiger partial charge on any atom is -0.373 e. The van der Waals surface area contributed by atoms with Crippen LogP contribution in [0.25, 0.3) is 21.3 Å². The van der Waals surface area contributed by atoms with Crippen molar-refractivity contribution < 1.29 is 4.79 Å². The molecule has 2 aliphatic rings. The van der Waals surface area contributed by atoms with Gasteiger partial charge in [-0.05, 0) is 87.4 Å². The number of thiophene rings is 1. The lowest BCUT2D eigenvalue weighted by atomic mass is 9.68. The highest BCUT2D eigenvalue weighted by Gasteiger charge is 2.47. The highest BCUT2D eigenvalue weighted by Crippen LogP contribution is 2.49. The van der Waals surface area contributed by atoms with Gasteiger partial charge in [-0.15, -0.1) is 11.3 Å². The van der Waals surface area contributed by atoms with Crippen molar-refractivity contribution in [2.24, 2.45) is 0 Å². The fourth-order valence-corrected chi connectivity index (χ4v) is 5.92. The molecule has 0 saturated heterocycles. The third kappa shape index (κ3) is 2.26. The van der Waals surface area contributed by atoms with Crippen LogP contribution in [0.2, 0.25) is 0 Å². The molecule has 27 heavy (non-hydrogen) atoms. The van der Waals surface area contributed by atoms with Gasteiger partial charge in [-0.25, -0.2) is 4.98 Å². The summed E-state index contributed by atoms with van der Waals surface area (Å²) >= 11 is 1.70. The normalized spacial score (nSPS) is 19.6. The van der Waals surface area contributed by atoms with E-state index in [0.29, 0.717) is 0 Å². The highest BCUT2D eigenvalue weighted by molar-refractivity contribution is 7.17. The van der Waals surface area contributed by atoms with E-state index >= 15 is 0 Å². The molecule has 1 aliphatic heterocycles. The Labute approximate surface area is 163 Å². The van der Waals surface area contributed by atoms with Gasteiger partial charge in [0.2, 0.25) is 0 Å². The summed E-state index contributed by atoms with van der Waals surface area (Å²) in [6, 6.07) is 6.45. The number of Topliss-reactive ketones (excluding diaryl/α,β-unsaturated/α-hetero) is 1. The molecule has 0 saturated carbocycles. The molecule has 1 aliphatic carbocycles. The molecular formula is C23H24N2OS. The van der Waals surface area contributed by atoms with Crippen LogP contribution < -0.4 is 5.32 Å². The number of anilines is 1. The van der Waals surface area contributed by atoms with Gasteiger partial charge in [0, 0.05) is 28.2 Å². The average molecular weight is 377 g/mol. The molecule has 0 radical (unpaired) electrons. The second-order valence-corrected chi connectivity index (χ2v) is 9.73. The number of hydrogen-bond donors (Lipinski definition) is 1. The molecule has 1 aromatic carbocycles. The lowest BCUT2D eigenvalue weighted by Gasteiger charge is -2.43. The SMILES string of the molecule is CC1(C)Nc2c(cc(-c3csc4ncccc34)c3c2CCC3)C(C)(C)C1=O. The van der Waals surface area contributed by atoms with Gasteiger partial charge in [-0.3, -0.25) is 4.79 Å². The quantitative estimate of drug-likeness (QED) is 0.609. The summed E-state index contributed by atoms with van der Waals surface area (Å²) < 4.78 is 0. The first-order valence-electron chi connectivity index (χ1n) is 9.65. The maximum absolute atomic E-state index is 13.2. The smallest absolute Gasteiger partial charge is 0.167 e. The van der Waals surface area contributed by atoms with Crippen molar-refractivity contribution in [1.29, 1.82) is 0 Å². The lowest BCUT2D eigenvalue weighted by molar-refractivity contribution is -0.127. The minimum absolute atomic E-state index is 0.253. The number of hydrogen-bond acceptors (Lipinski definition) is 4. The molecule has 0 unspecified atom stereocenters. The van der Waals surface area contributed by atoms with Gasteiger partial charge in [0.15, 0.2) is 5.78 Å². The fraction of sp³-hybridized carbons (Fsp3) is 0.391. The van der Waals surface area contributed by atoms with Crippen LogP contribution in [-0.2, 0) is 23.1 Å². The molecule has 3 aromatic rings. The van der Waals surface area contributed by atoms with Crippen LogP contribution in [0.4, 0.5) is 5.69 Å². The maximum atomic E-state index is 13.2. The van der Waals surface area contributed by atoms with Crippen LogP contribution in [0.5, 0.6) is 0 Å². The molecule has 0 amide bonds. The van der Waals surface area contributed by atoms with Gasteiger partial charge >= 0.3 is 0 Å². The Morgan fingerprint density at radius 3 is 2.70 bits per heavy atom. The molecule has 1 N–H and O–H groups in total. The Bertz CT molecular complexity index is 1110. The summed E-state index contributed by atoms with van der Waals surface area (Å²) in [6.07, 6.45) is 5.22. The topological polar surface area (TPSA) is 42.0 Å². The van der Waals surface area contributed by atoms with Gasteiger partial charge in [-0.1, -0.05) is 0 Å². The molecule has 0 bridgehead atoms. The predicted molar refractivity (Wildman–Crippen MR) is 113 cm³/mol. The van der Waals surface area contributed by atoms with Crippen LogP contribution in [0, 0.1) is 0 Å². The number of carbonyl (C=O) groups is 1. The van der Waals surface area contributed by atoms with E-state index in [0.717, 1.165) is 23.2 Å². The largest absolute Gasteiger partial charge is 0.373 e.